The number of nitrogens with one attached hydrogen (secondary N) is 1. The Kier molecular flexibility index (Phi) is 11.0. The van der Waals surface area contributed by atoms with Crippen molar-refractivity contribution in [3.63, 3.8) is 0 Å². The Morgan fingerprint density at radius 3 is 2.43 bits per heavy atom. The van der Waals surface area contributed by atoms with E-state index in [1.54, 1.807) is 24.3 Å². The zero-order valence-corrected chi connectivity index (χ0v) is 37.2. The summed E-state index contributed by atoms with van der Waals surface area (Å²) in [5, 5.41) is 11.0. The van der Waals surface area contributed by atoms with E-state index >= 15 is 8.78 Å². The van der Waals surface area contributed by atoms with Crippen LogP contribution in [0.15, 0.2) is 76.1 Å². The first-order chi connectivity index (χ1) is 30.7. The monoisotopic (exact) mass is 1000 g/mol. The number of methoxy groups -OCH3 is 1. The molecule has 0 aliphatic heterocycles. The molecule has 1 saturated carbocycles. The second-order valence-corrected chi connectivity index (χ2v) is 19.0. The van der Waals surface area contributed by atoms with Gasteiger partial charge in [-0.05, 0) is 81.9 Å². The third-order valence-corrected chi connectivity index (χ3v) is 13.3. The third kappa shape index (κ3) is 7.87. The van der Waals surface area contributed by atoms with Crippen molar-refractivity contribution in [2.45, 2.75) is 50.2 Å². The van der Waals surface area contributed by atoms with Gasteiger partial charge in [-0.15, -0.1) is 0 Å². The van der Waals surface area contributed by atoms with Crippen molar-refractivity contribution in [2.24, 2.45) is 13.0 Å². The summed E-state index contributed by atoms with van der Waals surface area (Å²) in [6.07, 6.45) is -1.37. The number of fused-ring (bicyclic) bond motifs is 5. The van der Waals surface area contributed by atoms with Gasteiger partial charge in [-0.25, -0.2) is 40.3 Å². The molecule has 1 unspecified atom stereocenters. The van der Waals surface area contributed by atoms with E-state index in [9.17, 15) is 35.6 Å². The molecule has 4 heterocycles. The highest BCUT2D eigenvalue weighted by molar-refractivity contribution is 9.10. The minimum atomic E-state index is -4.10. The number of aryl methyl sites for hydroxylation is 1. The van der Waals surface area contributed by atoms with Crippen LogP contribution in [0.5, 0.6) is 5.75 Å². The maximum atomic E-state index is 15.5. The molecule has 65 heavy (non-hydrogen) atoms. The fraction of sp³-hybridized carbons (Fsp3) is 0.286. The summed E-state index contributed by atoms with van der Waals surface area (Å²) >= 11 is 10.2. The van der Waals surface area contributed by atoms with Crippen molar-refractivity contribution in [3.8, 4) is 11.4 Å². The van der Waals surface area contributed by atoms with Gasteiger partial charge in [-0.1, -0.05) is 23.7 Å². The van der Waals surface area contributed by atoms with E-state index in [4.69, 9.17) is 21.3 Å². The van der Waals surface area contributed by atoms with E-state index in [1.165, 1.54) is 43.2 Å². The lowest BCUT2D eigenvalue weighted by Gasteiger charge is -2.24. The van der Waals surface area contributed by atoms with Gasteiger partial charge in [0.1, 0.15) is 41.1 Å². The smallest absolute Gasteiger partial charge is 0.293 e. The highest BCUT2D eigenvalue weighted by Gasteiger charge is 2.67. The number of alkyl halides is 4. The van der Waals surface area contributed by atoms with Gasteiger partial charge in [-0.3, -0.25) is 23.5 Å². The van der Waals surface area contributed by atoms with Crippen LogP contribution in [0.3, 0.4) is 0 Å². The molecule has 3 aromatic carbocycles. The van der Waals surface area contributed by atoms with Crippen LogP contribution in [0.1, 0.15) is 58.7 Å². The van der Waals surface area contributed by atoms with Crippen molar-refractivity contribution in [2.75, 3.05) is 17.7 Å². The molecule has 9 rings (SSSR count). The number of anilines is 1. The van der Waals surface area contributed by atoms with Crippen LogP contribution in [0, 0.1) is 17.6 Å². The first-order valence-electron chi connectivity index (χ1n) is 19.6. The number of nitrogens with zero attached hydrogens (tertiary/aromatic N) is 8. The summed E-state index contributed by atoms with van der Waals surface area (Å²) in [6, 6.07) is 11.9. The Hall–Kier alpha value is -6.00. The molecule has 1 fully saturated rings. The second kappa shape index (κ2) is 16.2. The topological polar surface area (TPSA) is 159 Å². The van der Waals surface area contributed by atoms with Crippen molar-refractivity contribution in [1.82, 2.24) is 39.4 Å². The zero-order chi connectivity index (χ0) is 46.4. The number of hydrogen-bond donors (Lipinski definition) is 1. The van der Waals surface area contributed by atoms with Crippen molar-refractivity contribution < 1.29 is 44.3 Å². The zero-order valence-electron chi connectivity index (χ0n) is 34.0. The molecule has 3 atom stereocenters. The van der Waals surface area contributed by atoms with E-state index in [0.717, 1.165) is 27.3 Å². The number of pyridine rings is 1. The number of hydrogen-bond acceptors (Lipinski definition) is 9. The van der Waals surface area contributed by atoms with Crippen LogP contribution in [-0.4, -0.2) is 61.8 Å². The molecular formula is C42H33BrClF6N9O5S. The van der Waals surface area contributed by atoms with Crippen LogP contribution in [0.25, 0.3) is 27.6 Å². The molecule has 1 N–H and O–H groups in total. The van der Waals surface area contributed by atoms with Gasteiger partial charge in [0.2, 0.25) is 15.9 Å². The average molecular weight is 1010 g/mol. The van der Waals surface area contributed by atoms with E-state index in [1.807, 2.05) is 0 Å². The molecule has 0 radical (unpaired) electrons. The summed E-state index contributed by atoms with van der Waals surface area (Å²) in [5.41, 5.74) is -2.28. The summed E-state index contributed by atoms with van der Waals surface area (Å²) in [6.45, 7) is -1.20. The van der Waals surface area contributed by atoms with Gasteiger partial charge in [0, 0.05) is 41.7 Å². The number of carbonyl (C=O) groups excluding carboxylic acids is 1. The number of amides is 1. The molecule has 0 saturated heterocycles. The Bertz CT molecular complexity index is 3260. The molecule has 1 amide bonds. The lowest BCUT2D eigenvalue weighted by atomic mass is 10.0. The summed E-state index contributed by atoms with van der Waals surface area (Å²) in [5.74, 6) is -8.53. The molecule has 0 spiro atoms. The number of halogens is 8. The highest BCUT2D eigenvalue weighted by atomic mass is 79.9. The number of ether oxygens (including phenoxy) is 1. The predicted octanol–water partition coefficient (Wildman–Crippen LogP) is 7.78. The molecule has 14 nitrogen and oxygen atoms in total. The first-order valence-corrected chi connectivity index (χ1v) is 22.6. The first kappa shape index (κ1) is 44.2. The SMILES string of the molecule is COc1ccc(CN(c2nn(C)c3c(-n4c(C(Cc5cc(F)cc(F)c5)NC(=O)Cn5nc(C(F)F)c6c5C(F)(F)[C@@H]5C[C@H]65)nc5ncc(Br)cc5c4=O)ccc(Cl)c23)S(C)(=O)=O)cc1. The minimum absolute atomic E-state index is 0.00654. The summed E-state index contributed by atoms with van der Waals surface area (Å²) in [7, 11) is -1.14. The Labute approximate surface area is 378 Å². The van der Waals surface area contributed by atoms with E-state index in [0.29, 0.717) is 26.5 Å². The quantitative estimate of drug-likeness (QED) is 0.114. The molecule has 4 aromatic heterocycles. The molecule has 0 bridgehead atoms. The van der Waals surface area contributed by atoms with Gasteiger partial charge in [0.05, 0.1) is 53.0 Å². The largest absolute Gasteiger partial charge is 0.497 e. The van der Waals surface area contributed by atoms with Crippen molar-refractivity contribution in [1.29, 1.82) is 0 Å². The molecule has 2 aliphatic carbocycles. The Morgan fingerprint density at radius 2 is 1.77 bits per heavy atom. The Balaban J connectivity index is 1.22. The van der Waals surface area contributed by atoms with Gasteiger partial charge < -0.3 is 10.1 Å². The molecular weight excluding hydrogens is 972 g/mol. The van der Waals surface area contributed by atoms with Crippen LogP contribution in [0.2, 0.25) is 5.02 Å². The van der Waals surface area contributed by atoms with E-state index in [2.05, 4.69) is 36.4 Å². The fourth-order valence-electron chi connectivity index (χ4n) is 8.59. The minimum Gasteiger partial charge on any atom is -0.497 e. The molecule has 7 aromatic rings. The van der Waals surface area contributed by atoms with Gasteiger partial charge in [0.15, 0.2) is 11.5 Å². The van der Waals surface area contributed by atoms with Gasteiger partial charge in [-0.2, -0.15) is 19.0 Å². The molecule has 338 valence electrons. The lowest BCUT2D eigenvalue weighted by Crippen LogP contribution is -2.38. The van der Waals surface area contributed by atoms with Gasteiger partial charge >= 0.3 is 0 Å². The van der Waals surface area contributed by atoms with Crippen molar-refractivity contribution in [3.05, 3.63) is 132 Å². The number of aromatic nitrogens is 7. The van der Waals surface area contributed by atoms with Crippen LogP contribution in [-0.2, 0) is 47.3 Å². The van der Waals surface area contributed by atoms with Crippen molar-refractivity contribution >= 4 is 71.2 Å². The maximum absolute atomic E-state index is 15.5. The van der Waals surface area contributed by atoms with E-state index in [-0.39, 0.29) is 68.4 Å². The van der Waals surface area contributed by atoms with Crippen LogP contribution < -0.4 is 19.9 Å². The average Bonchev–Trinajstić information content (AvgIpc) is 3.76. The number of carbonyl (C=O) groups is 1. The van der Waals surface area contributed by atoms with E-state index < -0.39 is 87.7 Å². The summed E-state index contributed by atoms with van der Waals surface area (Å²) in [4.78, 5) is 38.1. The maximum Gasteiger partial charge on any atom is 0.293 e. The van der Waals surface area contributed by atoms with Crippen LogP contribution in [0.4, 0.5) is 32.2 Å². The van der Waals surface area contributed by atoms with Crippen LogP contribution >= 0.6 is 27.5 Å². The second-order valence-electron chi connectivity index (χ2n) is 15.8. The highest BCUT2D eigenvalue weighted by Crippen LogP contribution is 2.68. The summed E-state index contributed by atoms with van der Waals surface area (Å²) < 4.78 is 125. The number of sulfonamides is 1. The van der Waals surface area contributed by atoms with Gasteiger partial charge in [0.25, 0.3) is 17.9 Å². The fourth-order valence-corrected chi connectivity index (χ4v) is 9.99. The predicted molar refractivity (Wildman–Crippen MR) is 229 cm³/mol. The standard InChI is InChI=1S/C42H33BrClF6N9O5S/c1-56-35-30(9-8-28(44)33(35)40(55-56)58(65(3,62)63)17-19-4-6-24(64-2)7-5-19)59-39(53-38-26(41(59)61)13-21(43)16-51-38)29(12-20-10-22(45)14-23(46)11-20)52-31(60)18-57-36-32(34(54-57)37(47)48)25-15-27(25)42(36,49)50/h4-11,13-14,16,25,27,29,37H,12,15,17-18H2,1-3H3,(H,52,60)/t25-,27+,29?/m0/s1. The lowest BCUT2D eigenvalue weighted by molar-refractivity contribution is -0.123. The molecule has 23 heteroatoms. The number of rotatable bonds is 13. The normalized spacial score (nSPS) is 16.8. The third-order valence-electron chi connectivity index (χ3n) is 11.4. The Morgan fingerprint density at radius 1 is 1.06 bits per heavy atom. The number of benzene rings is 3. The molecule has 2 aliphatic rings.